The number of fused-ring (bicyclic) bond motifs is 1. The van der Waals surface area contributed by atoms with Crippen LogP contribution in [0.4, 0.5) is 0 Å². The molecule has 0 fully saturated rings. The monoisotopic (exact) mass is 396 g/mol. The lowest BCUT2D eigenvalue weighted by molar-refractivity contribution is -0.139. The summed E-state index contributed by atoms with van der Waals surface area (Å²) in [7, 11) is 0. The molecule has 0 spiro atoms. The number of carboxylic acids is 1. The van der Waals surface area contributed by atoms with Gasteiger partial charge < -0.3 is 24.9 Å². The Bertz CT molecular complexity index is 1010. The third-order valence-electron chi connectivity index (χ3n) is 4.51. The van der Waals surface area contributed by atoms with E-state index in [9.17, 15) is 14.7 Å². The summed E-state index contributed by atoms with van der Waals surface area (Å²) in [6, 6.07) is 11.4. The maximum absolute atomic E-state index is 12.7. The lowest BCUT2D eigenvalue weighted by Crippen LogP contribution is -2.42. The number of rotatable bonds is 9. The molecule has 1 aromatic heterocycles. The van der Waals surface area contributed by atoms with Gasteiger partial charge in [-0.1, -0.05) is 18.2 Å². The summed E-state index contributed by atoms with van der Waals surface area (Å²) < 4.78 is 11.0. The number of benzene rings is 2. The standard InChI is InChI=1S/C22H24N2O5/c1-3-28-19-10-9-14(12-20(19)29-4-2)21(25)24-18(22(26)27)11-15-13-23-17-8-6-5-7-16(15)17/h5-10,12-13,18,23H,3-4,11H2,1-2H3,(H,24,25)(H,26,27). The molecule has 7 nitrogen and oxygen atoms in total. The predicted octanol–water partition coefficient (Wildman–Crippen LogP) is 3.39. The van der Waals surface area contributed by atoms with Crippen LogP contribution in [0.3, 0.4) is 0 Å². The van der Waals surface area contributed by atoms with Crippen LogP contribution >= 0.6 is 0 Å². The first-order chi connectivity index (χ1) is 14.0. The number of aliphatic carboxylic acids is 1. The Balaban J connectivity index is 1.79. The highest BCUT2D eigenvalue weighted by atomic mass is 16.5. The Morgan fingerprint density at radius 3 is 2.52 bits per heavy atom. The minimum atomic E-state index is -1.10. The molecule has 1 amide bonds. The number of carbonyl (C=O) groups is 2. The van der Waals surface area contributed by atoms with Crippen molar-refractivity contribution in [2.45, 2.75) is 26.3 Å². The highest BCUT2D eigenvalue weighted by Crippen LogP contribution is 2.28. The summed E-state index contributed by atoms with van der Waals surface area (Å²) in [6.45, 7) is 4.59. The quantitative estimate of drug-likeness (QED) is 0.515. The molecule has 0 saturated carbocycles. The number of H-pyrrole nitrogens is 1. The lowest BCUT2D eigenvalue weighted by Gasteiger charge is -2.16. The number of para-hydroxylation sites is 1. The van der Waals surface area contributed by atoms with E-state index in [-0.39, 0.29) is 6.42 Å². The van der Waals surface area contributed by atoms with Crippen LogP contribution in [-0.2, 0) is 11.2 Å². The van der Waals surface area contributed by atoms with Crippen LogP contribution in [-0.4, -0.2) is 41.2 Å². The molecule has 152 valence electrons. The molecule has 1 unspecified atom stereocenters. The Morgan fingerprint density at radius 1 is 1.07 bits per heavy atom. The molecular weight excluding hydrogens is 372 g/mol. The van der Waals surface area contributed by atoms with Gasteiger partial charge in [-0.3, -0.25) is 4.79 Å². The summed E-state index contributed by atoms with van der Waals surface area (Å²) in [5, 5.41) is 13.2. The average Bonchev–Trinajstić information content (AvgIpc) is 3.12. The van der Waals surface area contributed by atoms with Crippen molar-refractivity contribution in [1.29, 1.82) is 0 Å². The van der Waals surface area contributed by atoms with Crippen LogP contribution in [0, 0.1) is 0 Å². The molecule has 1 heterocycles. The molecule has 7 heteroatoms. The summed E-state index contributed by atoms with van der Waals surface area (Å²) in [4.78, 5) is 27.6. The molecule has 0 aliphatic heterocycles. The number of hydrogen-bond donors (Lipinski definition) is 3. The van der Waals surface area contributed by atoms with E-state index in [1.54, 1.807) is 24.4 Å². The number of aromatic nitrogens is 1. The SMILES string of the molecule is CCOc1ccc(C(=O)NC(Cc2c[nH]c3ccccc23)C(=O)O)cc1OCC. The van der Waals surface area contributed by atoms with Gasteiger partial charge in [0.2, 0.25) is 0 Å². The number of carbonyl (C=O) groups excluding carboxylic acids is 1. The van der Waals surface area contributed by atoms with Crippen LogP contribution in [0.15, 0.2) is 48.7 Å². The first-order valence-corrected chi connectivity index (χ1v) is 9.51. The molecule has 2 aromatic carbocycles. The third kappa shape index (κ3) is 4.68. The molecule has 3 aromatic rings. The second kappa shape index (κ2) is 9.14. The Labute approximate surface area is 168 Å². The fourth-order valence-corrected chi connectivity index (χ4v) is 3.15. The topological polar surface area (TPSA) is 101 Å². The van der Waals surface area contributed by atoms with Crippen molar-refractivity contribution in [2.24, 2.45) is 0 Å². The van der Waals surface area contributed by atoms with E-state index in [0.29, 0.717) is 30.3 Å². The number of ether oxygens (including phenoxy) is 2. The van der Waals surface area contributed by atoms with Gasteiger partial charge in [0, 0.05) is 29.1 Å². The second-order valence-electron chi connectivity index (χ2n) is 6.46. The number of nitrogens with one attached hydrogen (secondary N) is 2. The number of hydrogen-bond acceptors (Lipinski definition) is 4. The summed E-state index contributed by atoms with van der Waals surface area (Å²) >= 11 is 0. The second-order valence-corrected chi connectivity index (χ2v) is 6.46. The average molecular weight is 396 g/mol. The predicted molar refractivity (Wildman–Crippen MR) is 110 cm³/mol. The van der Waals surface area contributed by atoms with Crippen molar-refractivity contribution in [2.75, 3.05) is 13.2 Å². The van der Waals surface area contributed by atoms with Crippen LogP contribution < -0.4 is 14.8 Å². The highest BCUT2D eigenvalue weighted by molar-refractivity contribution is 5.97. The van der Waals surface area contributed by atoms with Gasteiger partial charge in [-0.15, -0.1) is 0 Å². The van der Waals surface area contributed by atoms with Crippen LogP contribution in [0.5, 0.6) is 11.5 Å². The molecule has 29 heavy (non-hydrogen) atoms. The molecule has 0 aliphatic rings. The van der Waals surface area contributed by atoms with Crippen molar-refractivity contribution in [3.63, 3.8) is 0 Å². The lowest BCUT2D eigenvalue weighted by atomic mass is 10.0. The maximum Gasteiger partial charge on any atom is 0.326 e. The van der Waals surface area contributed by atoms with Crippen molar-refractivity contribution < 1.29 is 24.2 Å². The largest absolute Gasteiger partial charge is 0.490 e. The van der Waals surface area contributed by atoms with E-state index in [1.807, 2.05) is 38.1 Å². The molecule has 1 atom stereocenters. The van der Waals surface area contributed by atoms with Gasteiger partial charge in [-0.25, -0.2) is 4.79 Å². The summed E-state index contributed by atoms with van der Waals surface area (Å²) in [5.74, 6) is -0.592. The minimum absolute atomic E-state index is 0.167. The van der Waals surface area contributed by atoms with Gasteiger partial charge in [-0.05, 0) is 43.7 Å². The fraction of sp³-hybridized carbons (Fsp3) is 0.273. The van der Waals surface area contributed by atoms with Gasteiger partial charge in [0.1, 0.15) is 6.04 Å². The molecule has 0 saturated heterocycles. The zero-order chi connectivity index (χ0) is 20.8. The van der Waals surface area contributed by atoms with E-state index in [1.165, 1.54) is 0 Å². The zero-order valence-corrected chi connectivity index (χ0v) is 16.4. The van der Waals surface area contributed by atoms with Crippen LogP contribution in [0.25, 0.3) is 10.9 Å². The van der Waals surface area contributed by atoms with E-state index in [0.717, 1.165) is 16.5 Å². The summed E-state index contributed by atoms with van der Waals surface area (Å²) in [6.07, 6.45) is 1.94. The van der Waals surface area contributed by atoms with Gasteiger partial charge in [0.25, 0.3) is 5.91 Å². The summed E-state index contributed by atoms with van der Waals surface area (Å²) in [5.41, 5.74) is 2.06. The molecule has 3 N–H and O–H groups in total. The van der Waals surface area contributed by atoms with E-state index >= 15 is 0 Å². The van der Waals surface area contributed by atoms with E-state index in [2.05, 4.69) is 10.3 Å². The molecule has 0 bridgehead atoms. The zero-order valence-electron chi connectivity index (χ0n) is 16.4. The molecular formula is C22H24N2O5. The van der Waals surface area contributed by atoms with Crippen LogP contribution in [0.2, 0.25) is 0 Å². The van der Waals surface area contributed by atoms with Gasteiger partial charge in [-0.2, -0.15) is 0 Å². The number of carboxylic acid groups (broad SMARTS) is 1. The first-order valence-electron chi connectivity index (χ1n) is 9.51. The first kappa shape index (κ1) is 20.3. The smallest absolute Gasteiger partial charge is 0.326 e. The van der Waals surface area contributed by atoms with Crippen molar-refractivity contribution in [1.82, 2.24) is 10.3 Å². The maximum atomic E-state index is 12.7. The Morgan fingerprint density at radius 2 is 1.79 bits per heavy atom. The number of amides is 1. The van der Waals surface area contributed by atoms with Crippen LogP contribution in [0.1, 0.15) is 29.8 Å². The van der Waals surface area contributed by atoms with Gasteiger partial charge >= 0.3 is 5.97 Å². The van der Waals surface area contributed by atoms with Gasteiger partial charge in [0.15, 0.2) is 11.5 Å². The van der Waals surface area contributed by atoms with Crippen molar-refractivity contribution in [3.8, 4) is 11.5 Å². The fourth-order valence-electron chi connectivity index (χ4n) is 3.15. The van der Waals surface area contributed by atoms with E-state index < -0.39 is 17.9 Å². The number of aromatic amines is 1. The molecule has 3 rings (SSSR count). The van der Waals surface area contributed by atoms with E-state index in [4.69, 9.17) is 9.47 Å². The normalized spacial score (nSPS) is 11.8. The molecule has 0 radical (unpaired) electrons. The van der Waals surface area contributed by atoms with Crippen molar-refractivity contribution >= 4 is 22.8 Å². The minimum Gasteiger partial charge on any atom is -0.490 e. The van der Waals surface area contributed by atoms with Crippen molar-refractivity contribution in [3.05, 3.63) is 59.8 Å². The Kier molecular flexibility index (Phi) is 6.39. The Hall–Kier alpha value is -3.48. The molecule has 0 aliphatic carbocycles. The highest BCUT2D eigenvalue weighted by Gasteiger charge is 2.23. The third-order valence-corrected chi connectivity index (χ3v) is 4.51. The van der Waals surface area contributed by atoms with Gasteiger partial charge in [0.05, 0.1) is 13.2 Å².